The van der Waals surface area contributed by atoms with Gasteiger partial charge < -0.3 is 10.6 Å². The van der Waals surface area contributed by atoms with Gasteiger partial charge in [-0.3, -0.25) is 0 Å². The van der Waals surface area contributed by atoms with E-state index in [0.717, 1.165) is 24.0 Å². The maximum Gasteiger partial charge on any atom is 0.242 e. The molecule has 21 heavy (non-hydrogen) atoms. The van der Waals surface area contributed by atoms with Gasteiger partial charge in [-0.15, -0.1) is 0 Å². The molecule has 1 atom stereocenters. The molecule has 1 unspecified atom stereocenters. The number of benzene rings is 1. The summed E-state index contributed by atoms with van der Waals surface area (Å²) in [5.74, 6) is 0.360. The molecule has 0 spiro atoms. The zero-order chi connectivity index (χ0) is 15.6. The first kappa shape index (κ1) is 16.7. The Morgan fingerprint density at radius 1 is 1.48 bits per heavy atom. The Kier molecular flexibility index (Phi) is 5.29. The average Bonchev–Trinajstić information content (AvgIpc) is 2.85. The molecule has 0 radical (unpaired) electrons. The number of nitrogen functional groups attached to an aromatic ring is 1. The molecule has 1 aliphatic rings. The van der Waals surface area contributed by atoms with Crippen molar-refractivity contribution in [1.29, 1.82) is 0 Å². The minimum atomic E-state index is -3.55. The minimum absolute atomic E-state index is 0.143. The molecule has 1 heterocycles. The van der Waals surface area contributed by atoms with Gasteiger partial charge in [0.1, 0.15) is 4.90 Å². The van der Waals surface area contributed by atoms with Gasteiger partial charge in [0.2, 0.25) is 10.0 Å². The number of likely N-dealkylation sites (tertiary alicyclic amines) is 1. The molecule has 1 aromatic carbocycles. The van der Waals surface area contributed by atoms with Crippen LogP contribution in [0.2, 0.25) is 0 Å². The van der Waals surface area contributed by atoms with Crippen LogP contribution in [-0.4, -0.2) is 39.0 Å². The fourth-order valence-corrected chi connectivity index (χ4v) is 4.17. The summed E-state index contributed by atoms with van der Waals surface area (Å²) >= 11 is 3.28. The number of nitrogens with zero attached hydrogens (tertiary/aromatic N) is 1. The van der Waals surface area contributed by atoms with Gasteiger partial charge in [0.25, 0.3) is 0 Å². The third-order valence-corrected chi connectivity index (χ3v) is 5.86. The van der Waals surface area contributed by atoms with Crippen LogP contribution in [-0.2, 0) is 10.0 Å². The number of rotatable bonds is 5. The molecule has 7 heteroatoms. The fourth-order valence-electron chi connectivity index (χ4n) is 2.57. The molecule has 1 aliphatic heterocycles. The van der Waals surface area contributed by atoms with E-state index in [-0.39, 0.29) is 10.6 Å². The molecule has 1 aromatic rings. The lowest BCUT2D eigenvalue weighted by molar-refractivity contribution is 0.265. The van der Waals surface area contributed by atoms with Crippen LogP contribution in [0.15, 0.2) is 27.6 Å². The first-order chi connectivity index (χ1) is 9.79. The maximum absolute atomic E-state index is 12.3. The zero-order valence-corrected chi connectivity index (χ0v) is 14.7. The van der Waals surface area contributed by atoms with Crippen molar-refractivity contribution in [3.05, 3.63) is 22.7 Å². The smallest absolute Gasteiger partial charge is 0.242 e. The van der Waals surface area contributed by atoms with Crippen molar-refractivity contribution in [2.45, 2.75) is 31.2 Å². The number of hydrogen-bond acceptors (Lipinski definition) is 4. The van der Waals surface area contributed by atoms with E-state index < -0.39 is 10.0 Å². The third-order valence-electron chi connectivity index (χ3n) is 3.87. The van der Waals surface area contributed by atoms with Gasteiger partial charge in [-0.25, -0.2) is 13.1 Å². The van der Waals surface area contributed by atoms with E-state index in [2.05, 4.69) is 39.4 Å². The van der Waals surface area contributed by atoms with Crippen LogP contribution in [0.4, 0.5) is 5.69 Å². The molecule has 0 aromatic heterocycles. The van der Waals surface area contributed by atoms with Crippen molar-refractivity contribution in [3.8, 4) is 0 Å². The highest BCUT2D eigenvalue weighted by Crippen LogP contribution is 2.23. The van der Waals surface area contributed by atoms with E-state index in [1.807, 2.05) is 0 Å². The first-order valence-corrected chi connectivity index (χ1v) is 9.36. The van der Waals surface area contributed by atoms with Gasteiger partial charge in [0.05, 0.1) is 5.69 Å². The molecule has 2 rings (SSSR count). The predicted molar refractivity (Wildman–Crippen MR) is 88.6 cm³/mol. The summed E-state index contributed by atoms with van der Waals surface area (Å²) in [6.45, 7) is 6.76. The Hall–Kier alpha value is -0.630. The van der Waals surface area contributed by atoms with E-state index >= 15 is 0 Å². The van der Waals surface area contributed by atoms with E-state index in [1.54, 1.807) is 12.1 Å². The Balaban J connectivity index is 1.99. The highest BCUT2D eigenvalue weighted by molar-refractivity contribution is 9.10. The molecule has 0 aliphatic carbocycles. The van der Waals surface area contributed by atoms with Crippen LogP contribution in [0.1, 0.15) is 20.3 Å². The van der Waals surface area contributed by atoms with Gasteiger partial charge >= 0.3 is 0 Å². The van der Waals surface area contributed by atoms with Crippen molar-refractivity contribution in [2.24, 2.45) is 5.92 Å². The molecule has 1 fully saturated rings. The standard InChI is InChI=1S/C14H22BrN3O2S/c1-10(2)18-6-5-11(9-18)8-17-21(19,20)14-4-3-12(15)7-13(14)16/h3-4,7,10-11,17H,5-6,8-9,16H2,1-2H3. The van der Waals surface area contributed by atoms with Crippen LogP contribution in [0.3, 0.4) is 0 Å². The number of anilines is 1. The van der Waals surface area contributed by atoms with Crippen LogP contribution in [0.5, 0.6) is 0 Å². The Morgan fingerprint density at radius 3 is 2.76 bits per heavy atom. The topological polar surface area (TPSA) is 75.4 Å². The summed E-state index contributed by atoms with van der Waals surface area (Å²) in [6.07, 6.45) is 1.02. The van der Waals surface area contributed by atoms with Crippen LogP contribution >= 0.6 is 15.9 Å². The SMILES string of the molecule is CC(C)N1CCC(CNS(=O)(=O)c2ccc(Br)cc2N)C1. The monoisotopic (exact) mass is 375 g/mol. The lowest BCUT2D eigenvalue weighted by atomic mass is 10.1. The fraction of sp³-hybridized carbons (Fsp3) is 0.571. The van der Waals surface area contributed by atoms with Gasteiger partial charge in [0, 0.05) is 23.6 Å². The summed E-state index contributed by atoms with van der Waals surface area (Å²) in [6, 6.07) is 5.32. The van der Waals surface area contributed by atoms with Gasteiger partial charge in [-0.1, -0.05) is 15.9 Å². The first-order valence-electron chi connectivity index (χ1n) is 7.08. The number of nitrogens with one attached hydrogen (secondary N) is 1. The lowest BCUT2D eigenvalue weighted by Crippen LogP contribution is -2.33. The molecular formula is C14H22BrN3O2S. The van der Waals surface area contributed by atoms with Crippen LogP contribution < -0.4 is 10.5 Å². The molecular weight excluding hydrogens is 354 g/mol. The summed E-state index contributed by atoms with van der Waals surface area (Å²) in [7, 11) is -3.55. The van der Waals surface area contributed by atoms with Crippen molar-refractivity contribution in [1.82, 2.24) is 9.62 Å². The normalized spacial score (nSPS) is 20.3. The van der Waals surface area contributed by atoms with Crippen LogP contribution in [0.25, 0.3) is 0 Å². The second-order valence-electron chi connectivity index (χ2n) is 5.78. The summed E-state index contributed by atoms with van der Waals surface area (Å²) in [5, 5.41) is 0. The van der Waals surface area contributed by atoms with Gasteiger partial charge in [-0.05, 0) is 50.9 Å². The highest BCUT2D eigenvalue weighted by Gasteiger charge is 2.26. The molecule has 1 saturated heterocycles. The van der Waals surface area contributed by atoms with Gasteiger partial charge in [-0.2, -0.15) is 0 Å². The zero-order valence-electron chi connectivity index (χ0n) is 12.3. The number of sulfonamides is 1. The maximum atomic E-state index is 12.3. The Labute approximate surface area is 135 Å². The van der Waals surface area contributed by atoms with Crippen molar-refractivity contribution >= 4 is 31.6 Å². The average molecular weight is 376 g/mol. The summed E-state index contributed by atoms with van der Waals surface area (Å²) < 4.78 is 28.1. The van der Waals surface area contributed by atoms with Crippen molar-refractivity contribution < 1.29 is 8.42 Å². The Bertz CT molecular complexity index is 604. The van der Waals surface area contributed by atoms with E-state index in [9.17, 15) is 8.42 Å². The second-order valence-corrected chi connectivity index (χ2v) is 8.43. The van der Waals surface area contributed by atoms with E-state index in [4.69, 9.17) is 5.73 Å². The molecule has 3 N–H and O–H groups in total. The summed E-state index contributed by atoms with van der Waals surface area (Å²) in [4.78, 5) is 2.51. The quantitative estimate of drug-likeness (QED) is 0.772. The van der Waals surface area contributed by atoms with Gasteiger partial charge in [0.15, 0.2) is 0 Å². The molecule has 0 amide bonds. The predicted octanol–water partition coefficient (Wildman–Crippen LogP) is 2.04. The van der Waals surface area contributed by atoms with Crippen molar-refractivity contribution in [2.75, 3.05) is 25.4 Å². The van der Waals surface area contributed by atoms with E-state index in [1.165, 1.54) is 6.07 Å². The summed E-state index contributed by atoms with van der Waals surface area (Å²) in [5.41, 5.74) is 6.05. The lowest BCUT2D eigenvalue weighted by Gasteiger charge is -2.20. The number of nitrogens with two attached hydrogens (primary N) is 1. The van der Waals surface area contributed by atoms with Crippen molar-refractivity contribution in [3.63, 3.8) is 0 Å². The number of halogens is 1. The molecule has 0 saturated carbocycles. The minimum Gasteiger partial charge on any atom is -0.398 e. The van der Waals surface area contributed by atoms with E-state index in [0.29, 0.717) is 18.5 Å². The molecule has 5 nitrogen and oxygen atoms in total. The highest BCUT2D eigenvalue weighted by atomic mass is 79.9. The molecule has 118 valence electrons. The van der Waals surface area contributed by atoms with Crippen LogP contribution in [0, 0.1) is 5.92 Å². The second kappa shape index (κ2) is 6.64. The number of hydrogen-bond donors (Lipinski definition) is 2. The largest absolute Gasteiger partial charge is 0.398 e. The third kappa shape index (κ3) is 4.18. The Morgan fingerprint density at radius 2 is 2.19 bits per heavy atom. The molecule has 0 bridgehead atoms.